The molecule has 1 heterocycles. The molecule has 6 heteroatoms. The molecule has 1 aromatic heterocycles. The van der Waals surface area contributed by atoms with Crippen LogP contribution in [0, 0.1) is 0 Å². The van der Waals surface area contributed by atoms with Gasteiger partial charge in [0.2, 0.25) is 5.43 Å². The number of hydrogen-bond acceptors (Lipinski definition) is 6. The monoisotopic (exact) mass is 405 g/mol. The van der Waals surface area contributed by atoms with E-state index in [0.717, 1.165) is 25.1 Å². The highest BCUT2D eigenvalue weighted by Crippen LogP contribution is 2.30. The van der Waals surface area contributed by atoms with Gasteiger partial charge in [-0.15, -0.1) is 0 Å². The van der Waals surface area contributed by atoms with Crippen LogP contribution in [0.25, 0.3) is 21.9 Å². The third kappa shape index (κ3) is 4.23. The molecule has 0 aliphatic carbocycles. The second kappa shape index (κ2) is 8.47. The lowest BCUT2D eigenvalue weighted by atomic mass is 10.1. The zero-order valence-corrected chi connectivity index (χ0v) is 16.7. The lowest BCUT2D eigenvalue weighted by Gasteiger charge is -2.17. The summed E-state index contributed by atoms with van der Waals surface area (Å²) in [5, 5.41) is 20.5. The first-order valence-electron chi connectivity index (χ1n) is 9.79. The largest absolute Gasteiger partial charge is 0.508 e. The van der Waals surface area contributed by atoms with Gasteiger partial charge in [0.25, 0.3) is 0 Å². The van der Waals surface area contributed by atoms with E-state index in [2.05, 4.69) is 4.90 Å². The second-order valence-corrected chi connectivity index (χ2v) is 7.35. The third-order valence-corrected chi connectivity index (χ3v) is 4.95. The normalized spacial score (nSPS) is 11.4. The van der Waals surface area contributed by atoms with E-state index in [-0.39, 0.29) is 22.3 Å². The van der Waals surface area contributed by atoms with Gasteiger partial charge in [-0.3, -0.25) is 4.79 Å². The number of phenolic OH excluding ortho intramolecular Hbond substituents is 2. The maximum absolute atomic E-state index is 12.6. The predicted molar refractivity (Wildman–Crippen MR) is 116 cm³/mol. The minimum Gasteiger partial charge on any atom is -0.508 e. The van der Waals surface area contributed by atoms with E-state index in [4.69, 9.17) is 9.15 Å². The maximum atomic E-state index is 12.6. The molecular formula is C24H23NO5. The first kappa shape index (κ1) is 19.8. The Kier molecular flexibility index (Phi) is 5.59. The zero-order valence-electron chi connectivity index (χ0n) is 16.7. The van der Waals surface area contributed by atoms with Gasteiger partial charge in [-0.25, -0.2) is 0 Å². The molecule has 0 unspecified atom stereocenters. The first-order valence-corrected chi connectivity index (χ1v) is 9.79. The molecule has 0 bridgehead atoms. The summed E-state index contributed by atoms with van der Waals surface area (Å²) in [6.45, 7) is 1.98. The molecule has 0 aliphatic heterocycles. The molecule has 0 atom stereocenters. The number of fused-ring (bicyclic) bond motifs is 2. The fraction of sp³-hybridized carbons (Fsp3) is 0.208. The molecule has 0 saturated carbocycles. The van der Waals surface area contributed by atoms with Crippen LogP contribution >= 0.6 is 0 Å². The summed E-state index contributed by atoms with van der Waals surface area (Å²) in [7, 11) is 2.01. The first-order chi connectivity index (χ1) is 14.5. The van der Waals surface area contributed by atoms with Gasteiger partial charge in [0.1, 0.15) is 33.8 Å². The summed E-state index contributed by atoms with van der Waals surface area (Å²) in [5.41, 5.74) is 1.56. The van der Waals surface area contributed by atoms with Gasteiger partial charge in [0.05, 0.1) is 12.0 Å². The second-order valence-electron chi connectivity index (χ2n) is 7.35. The highest BCUT2D eigenvalue weighted by atomic mass is 16.5. The standard InChI is InChI=1S/C24H23NO5/c1-25(15-16-6-4-7-17(26)12-16)10-5-11-29-18-13-20(27)23-22(14-18)30-21-9-3-2-8-19(21)24(23)28/h2-4,6-9,12-14,26-27H,5,10-11,15H2,1H3. The van der Waals surface area contributed by atoms with Crippen molar-refractivity contribution in [2.75, 3.05) is 20.2 Å². The number of para-hydroxylation sites is 1. The van der Waals surface area contributed by atoms with Gasteiger partial charge < -0.3 is 24.3 Å². The lowest BCUT2D eigenvalue weighted by molar-refractivity contribution is 0.258. The summed E-state index contributed by atoms with van der Waals surface area (Å²) in [5.74, 6) is 0.567. The van der Waals surface area contributed by atoms with Crippen molar-refractivity contribution < 1.29 is 19.4 Å². The number of benzene rings is 3. The van der Waals surface area contributed by atoms with Gasteiger partial charge in [-0.05, 0) is 43.3 Å². The van der Waals surface area contributed by atoms with Crippen molar-refractivity contribution in [3.05, 3.63) is 76.5 Å². The molecule has 0 amide bonds. The molecule has 0 aliphatic rings. The van der Waals surface area contributed by atoms with Crippen LogP contribution in [0.3, 0.4) is 0 Å². The van der Waals surface area contributed by atoms with Gasteiger partial charge in [-0.2, -0.15) is 0 Å². The van der Waals surface area contributed by atoms with Crippen molar-refractivity contribution >= 4 is 21.9 Å². The van der Waals surface area contributed by atoms with Gasteiger partial charge in [0, 0.05) is 25.2 Å². The van der Waals surface area contributed by atoms with Crippen LogP contribution in [0.4, 0.5) is 0 Å². The molecule has 0 radical (unpaired) electrons. The van der Waals surface area contributed by atoms with E-state index in [9.17, 15) is 15.0 Å². The average molecular weight is 405 g/mol. The smallest absolute Gasteiger partial charge is 0.204 e. The molecule has 0 spiro atoms. The topological polar surface area (TPSA) is 83.1 Å². The highest BCUT2D eigenvalue weighted by Gasteiger charge is 2.13. The summed E-state index contributed by atoms with van der Waals surface area (Å²) in [6.07, 6.45) is 0.774. The quantitative estimate of drug-likeness (QED) is 0.353. The average Bonchev–Trinajstić information content (AvgIpc) is 2.71. The summed E-state index contributed by atoms with van der Waals surface area (Å²) >= 11 is 0. The summed E-state index contributed by atoms with van der Waals surface area (Å²) < 4.78 is 11.6. The van der Waals surface area contributed by atoms with Crippen molar-refractivity contribution in [3.8, 4) is 17.2 Å². The fourth-order valence-corrected chi connectivity index (χ4v) is 3.53. The van der Waals surface area contributed by atoms with Gasteiger partial charge >= 0.3 is 0 Å². The Morgan fingerprint density at radius 1 is 1.00 bits per heavy atom. The van der Waals surface area contributed by atoms with Crippen LogP contribution in [0.1, 0.15) is 12.0 Å². The molecule has 6 nitrogen and oxygen atoms in total. The fourth-order valence-electron chi connectivity index (χ4n) is 3.53. The Morgan fingerprint density at radius 3 is 2.67 bits per heavy atom. The Morgan fingerprint density at radius 2 is 1.83 bits per heavy atom. The van der Waals surface area contributed by atoms with Gasteiger partial charge in [0.15, 0.2) is 0 Å². The van der Waals surface area contributed by atoms with E-state index in [0.29, 0.717) is 28.9 Å². The van der Waals surface area contributed by atoms with Crippen LogP contribution in [-0.2, 0) is 6.54 Å². The van der Waals surface area contributed by atoms with E-state index >= 15 is 0 Å². The minimum absolute atomic E-state index is 0.150. The van der Waals surface area contributed by atoms with Crippen molar-refractivity contribution in [2.24, 2.45) is 0 Å². The molecule has 2 N–H and O–H groups in total. The molecule has 30 heavy (non-hydrogen) atoms. The van der Waals surface area contributed by atoms with Crippen LogP contribution in [-0.4, -0.2) is 35.3 Å². The number of ether oxygens (including phenoxy) is 1. The number of nitrogens with zero attached hydrogens (tertiary/aromatic N) is 1. The highest BCUT2D eigenvalue weighted by molar-refractivity contribution is 5.93. The Labute approximate surface area is 173 Å². The van der Waals surface area contributed by atoms with Crippen molar-refractivity contribution in [1.29, 1.82) is 0 Å². The zero-order chi connectivity index (χ0) is 21.1. The predicted octanol–water partition coefficient (Wildman–Crippen LogP) is 4.26. The number of rotatable bonds is 7. The van der Waals surface area contributed by atoms with Crippen LogP contribution in [0.5, 0.6) is 17.2 Å². The summed E-state index contributed by atoms with van der Waals surface area (Å²) in [6, 6.07) is 17.3. The lowest BCUT2D eigenvalue weighted by Crippen LogP contribution is -2.20. The Bertz CT molecular complexity index is 1250. The maximum Gasteiger partial charge on any atom is 0.204 e. The number of aromatic hydroxyl groups is 2. The molecule has 4 aromatic rings. The van der Waals surface area contributed by atoms with Crippen LogP contribution in [0.2, 0.25) is 0 Å². The third-order valence-electron chi connectivity index (χ3n) is 4.95. The Balaban J connectivity index is 1.40. The molecule has 4 rings (SSSR count). The Hall–Kier alpha value is -3.51. The van der Waals surface area contributed by atoms with Crippen molar-refractivity contribution in [1.82, 2.24) is 4.90 Å². The van der Waals surface area contributed by atoms with Gasteiger partial charge in [-0.1, -0.05) is 24.3 Å². The summed E-state index contributed by atoms with van der Waals surface area (Å²) in [4.78, 5) is 14.8. The molecule has 3 aromatic carbocycles. The van der Waals surface area contributed by atoms with E-state index in [1.54, 1.807) is 42.5 Å². The van der Waals surface area contributed by atoms with Crippen molar-refractivity contribution in [2.45, 2.75) is 13.0 Å². The van der Waals surface area contributed by atoms with Crippen LogP contribution in [0.15, 0.2) is 69.9 Å². The van der Waals surface area contributed by atoms with E-state index in [1.165, 1.54) is 6.07 Å². The van der Waals surface area contributed by atoms with E-state index in [1.807, 2.05) is 19.2 Å². The van der Waals surface area contributed by atoms with Crippen LogP contribution < -0.4 is 10.2 Å². The van der Waals surface area contributed by atoms with E-state index < -0.39 is 0 Å². The molecule has 0 fully saturated rings. The number of phenols is 2. The van der Waals surface area contributed by atoms with Crippen molar-refractivity contribution in [3.63, 3.8) is 0 Å². The molecule has 0 saturated heterocycles. The SMILES string of the molecule is CN(CCCOc1cc(O)c2c(=O)c3ccccc3oc2c1)Cc1cccc(O)c1. The molecular weight excluding hydrogens is 382 g/mol. The minimum atomic E-state index is -0.260. The number of hydrogen-bond donors (Lipinski definition) is 2. The molecule has 154 valence electrons.